The van der Waals surface area contributed by atoms with Crippen LogP contribution in [0.25, 0.3) is 0 Å². The van der Waals surface area contributed by atoms with Crippen molar-refractivity contribution in [3.8, 4) is 5.75 Å². The van der Waals surface area contributed by atoms with Crippen LogP contribution in [-0.2, 0) is 9.59 Å². The van der Waals surface area contributed by atoms with Gasteiger partial charge in [0.15, 0.2) is 0 Å². The third-order valence-electron chi connectivity index (χ3n) is 3.90. The molecule has 6 heteroatoms. The number of nitrogens with zero attached hydrogens (tertiary/aromatic N) is 1. The molecule has 1 aromatic carbocycles. The van der Waals surface area contributed by atoms with Crippen molar-refractivity contribution in [2.45, 2.75) is 32.6 Å². The topological polar surface area (TPSA) is 70.7 Å². The zero-order valence-electron chi connectivity index (χ0n) is 13.9. The lowest BCUT2D eigenvalue weighted by molar-refractivity contribution is -0.119. The van der Waals surface area contributed by atoms with E-state index in [-0.39, 0.29) is 18.2 Å². The fourth-order valence-corrected chi connectivity index (χ4v) is 2.71. The summed E-state index contributed by atoms with van der Waals surface area (Å²) in [7, 11) is 1.59. The van der Waals surface area contributed by atoms with E-state index < -0.39 is 0 Å². The maximum Gasteiger partial charge on any atom is 0.226 e. The highest BCUT2D eigenvalue weighted by Gasteiger charge is 2.14. The molecule has 0 aliphatic carbocycles. The first kappa shape index (κ1) is 17.1. The lowest BCUT2D eigenvalue weighted by Gasteiger charge is -2.29. The Morgan fingerprint density at radius 2 is 1.96 bits per heavy atom. The molecule has 2 rings (SSSR count). The number of methoxy groups -OCH3 is 1. The van der Waals surface area contributed by atoms with Gasteiger partial charge in [0.25, 0.3) is 0 Å². The van der Waals surface area contributed by atoms with Gasteiger partial charge in [-0.3, -0.25) is 9.59 Å². The van der Waals surface area contributed by atoms with Gasteiger partial charge in [-0.25, -0.2) is 0 Å². The van der Waals surface area contributed by atoms with Crippen LogP contribution < -0.4 is 20.3 Å². The molecular weight excluding hydrogens is 294 g/mol. The molecule has 0 bridgehead atoms. The van der Waals surface area contributed by atoms with Gasteiger partial charge in [0.2, 0.25) is 11.8 Å². The number of rotatable bonds is 6. The number of carbonyl (C=O) groups is 2. The van der Waals surface area contributed by atoms with Gasteiger partial charge in [-0.1, -0.05) is 0 Å². The highest BCUT2D eigenvalue weighted by molar-refractivity contribution is 5.93. The summed E-state index contributed by atoms with van der Waals surface area (Å²) in [6.07, 6.45) is 3.91. The number of hydrogen-bond acceptors (Lipinski definition) is 4. The number of ether oxygens (including phenoxy) is 1. The maximum absolute atomic E-state index is 12.0. The predicted molar refractivity (Wildman–Crippen MR) is 91.0 cm³/mol. The van der Waals surface area contributed by atoms with Crippen molar-refractivity contribution >= 4 is 23.2 Å². The second-order valence-corrected chi connectivity index (χ2v) is 5.71. The molecule has 0 unspecified atom stereocenters. The largest absolute Gasteiger partial charge is 0.495 e. The van der Waals surface area contributed by atoms with Crippen LogP contribution >= 0.6 is 0 Å². The number of carbonyl (C=O) groups excluding carboxylic acids is 2. The van der Waals surface area contributed by atoms with E-state index in [1.54, 1.807) is 7.11 Å². The fourth-order valence-electron chi connectivity index (χ4n) is 2.71. The molecule has 0 aromatic heterocycles. The van der Waals surface area contributed by atoms with Gasteiger partial charge in [0.1, 0.15) is 5.75 Å². The van der Waals surface area contributed by atoms with Gasteiger partial charge in [-0.2, -0.15) is 0 Å². The van der Waals surface area contributed by atoms with E-state index in [0.717, 1.165) is 18.8 Å². The molecule has 2 amide bonds. The smallest absolute Gasteiger partial charge is 0.226 e. The summed E-state index contributed by atoms with van der Waals surface area (Å²) in [6.45, 7) is 3.85. The van der Waals surface area contributed by atoms with E-state index in [0.29, 0.717) is 18.0 Å². The van der Waals surface area contributed by atoms with Crippen LogP contribution in [-0.4, -0.2) is 38.6 Å². The van der Waals surface area contributed by atoms with Crippen LogP contribution in [0.4, 0.5) is 11.4 Å². The minimum Gasteiger partial charge on any atom is -0.495 e. The Labute approximate surface area is 137 Å². The van der Waals surface area contributed by atoms with Crippen LogP contribution in [0.1, 0.15) is 32.6 Å². The van der Waals surface area contributed by atoms with Crippen molar-refractivity contribution in [2.75, 3.05) is 37.0 Å². The Bertz CT molecular complexity index is 554. The van der Waals surface area contributed by atoms with Crippen LogP contribution in [0.2, 0.25) is 0 Å². The predicted octanol–water partition coefficient (Wildman–Crippen LogP) is 2.15. The molecule has 1 aliphatic rings. The van der Waals surface area contributed by atoms with Crippen molar-refractivity contribution in [1.29, 1.82) is 0 Å². The number of hydrogen-bond donors (Lipinski definition) is 2. The van der Waals surface area contributed by atoms with E-state index >= 15 is 0 Å². The number of nitrogens with one attached hydrogen (secondary N) is 2. The molecule has 1 aromatic rings. The highest BCUT2D eigenvalue weighted by Crippen LogP contribution is 2.31. The summed E-state index contributed by atoms with van der Waals surface area (Å²) in [5.74, 6) is 0.356. The highest BCUT2D eigenvalue weighted by atomic mass is 16.5. The van der Waals surface area contributed by atoms with Crippen molar-refractivity contribution in [2.24, 2.45) is 0 Å². The minimum absolute atomic E-state index is 0.137. The summed E-state index contributed by atoms with van der Waals surface area (Å²) in [5.41, 5.74) is 1.77. The average molecular weight is 319 g/mol. The summed E-state index contributed by atoms with van der Waals surface area (Å²) in [6, 6.07) is 5.87. The molecule has 126 valence electrons. The fraction of sp³-hybridized carbons (Fsp3) is 0.529. The zero-order valence-corrected chi connectivity index (χ0v) is 13.9. The number of benzene rings is 1. The van der Waals surface area contributed by atoms with Gasteiger partial charge in [-0.05, 0) is 37.5 Å². The second kappa shape index (κ2) is 8.41. The van der Waals surface area contributed by atoms with Crippen molar-refractivity contribution in [3.63, 3.8) is 0 Å². The Kier molecular flexibility index (Phi) is 6.26. The normalized spacial score (nSPS) is 14.3. The van der Waals surface area contributed by atoms with E-state index in [1.165, 1.54) is 26.2 Å². The first-order valence-electron chi connectivity index (χ1n) is 8.07. The Morgan fingerprint density at radius 3 is 2.61 bits per heavy atom. The molecule has 1 fully saturated rings. The van der Waals surface area contributed by atoms with Crippen molar-refractivity contribution in [3.05, 3.63) is 18.2 Å². The molecule has 0 atom stereocenters. The van der Waals surface area contributed by atoms with E-state index in [4.69, 9.17) is 4.74 Å². The quantitative estimate of drug-likeness (QED) is 0.843. The van der Waals surface area contributed by atoms with Crippen molar-refractivity contribution in [1.82, 2.24) is 5.32 Å². The molecule has 0 radical (unpaired) electrons. The van der Waals surface area contributed by atoms with Crippen LogP contribution in [0.3, 0.4) is 0 Å². The lowest BCUT2D eigenvalue weighted by Crippen LogP contribution is -2.29. The van der Waals surface area contributed by atoms with Crippen LogP contribution in [0.15, 0.2) is 18.2 Å². The summed E-state index contributed by atoms with van der Waals surface area (Å²) in [4.78, 5) is 25.2. The lowest BCUT2D eigenvalue weighted by atomic mass is 10.1. The average Bonchev–Trinajstić information content (AvgIpc) is 2.55. The first-order valence-corrected chi connectivity index (χ1v) is 8.07. The number of amides is 2. The molecule has 0 saturated carbocycles. The number of piperidine rings is 1. The first-order chi connectivity index (χ1) is 11.1. The summed E-state index contributed by atoms with van der Waals surface area (Å²) in [5, 5.41) is 5.49. The van der Waals surface area contributed by atoms with E-state index in [2.05, 4.69) is 15.5 Å². The van der Waals surface area contributed by atoms with Crippen LogP contribution in [0, 0.1) is 0 Å². The third kappa shape index (κ3) is 5.16. The summed E-state index contributed by atoms with van der Waals surface area (Å²) >= 11 is 0. The van der Waals surface area contributed by atoms with Gasteiger partial charge in [0.05, 0.1) is 12.8 Å². The Morgan fingerprint density at radius 1 is 1.22 bits per heavy atom. The van der Waals surface area contributed by atoms with E-state index in [9.17, 15) is 9.59 Å². The number of anilines is 2. The molecule has 1 saturated heterocycles. The molecule has 1 heterocycles. The van der Waals surface area contributed by atoms with Gasteiger partial charge < -0.3 is 20.3 Å². The summed E-state index contributed by atoms with van der Waals surface area (Å²) < 4.78 is 5.33. The maximum atomic E-state index is 12.0. The Hall–Kier alpha value is -2.24. The molecule has 1 aliphatic heterocycles. The molecule has 6 nitrogen and oxygen atoms in total. The van der Waals surface area contributed by atoms with Crippen LogP contribution in [0.5, 0.6) is 5.75 Å². The van der Waals surface area contributed by atoms with Gasteiger partial charge in [-0.15, -0.1) is 0 Å². The molecular formula is C17H25N3O3. The monoisotopic (exact) mass is 319 g/mol. The Balaban J connectivity index is 2.03. The third-order valence-corrected chi connectivity index (χ3v) is 3.90. The van der Waals surface area contributed by atoms with Gasteiger partial charge in [0, 0.05) is 38.7 Å². The second-order valence-electron chi connectivity index (χ2n) is 5.71. The zero-order chi connectivity index (χ0) is 16.7. The molecule has 23 heavy (non-hydrogen) atoms. The molecule has 2 N–H and O–H groups in total. The minimum atomic E-state index is -0.146. The molecule has 0 spiro atoms. The van der Waals surface area contributed by atoms with Crippen molar-refractivity contribution < 1.29 is 14.3 Å². The standard InChI is InChI=1S/C17H25N3O3/c1-13(21)18-9-8-17(22)19-15-12-14(6-7-16(15)23-2)20-10-4-3-5-11-20/h6-7,12H,3-5,8-11H2,1-2H3,(H,18,21)(H,19,22). The van der Waals surface area contributed by atoms with E-state index in [1.807, 2.05) is 18.2 Å². The SMILES string of the molecule is COc1ccc(N2CCCCC2)cc1NC(=O)CCNC(C)=O. The van der Waals surface area contributed by atoms with Gasteiger partial charge >= 0.3 is 0 Å².